The van der Waals surface area contributed by atoms with E-state index < -0.39 is 6.36 Å². The fourth-order valence-electron chi connectivity index (χ4n) is 1.22. The number of carbonyl (C=O) groups is 1. The fraction of sp³-hybridized carbons (Fsp3) is 0.300. The number of ketones is 1. The summed E-state index contributed by atoms with van der Waals surface area (Å²) in [7, 11) is 0. The zero-order valence-electron chi connectivity index (χ0n) is 8.27. The number of hydrogen-bond donors (Lipinski definition) is 0. The maximum atomic E-state index is 11.9. The molecule has 6 heteroatoms. The third kappa shape index (κ3) is 3.66. The molecule has 88 valence electrons. The summed E-state index contributed by atoms with van der Waals surface area (Å²) in [6.07, 6.45) is -4.71. The van der Waals surface area contributed by atoms with Gasteiger partial charge in [0, 0.05) is 9.99 Å². The lowest BCUT2D eigenvalue weighted by Crippen LogP contribution is -2.17. The molecule has 16 heavy (non-hydrogen) atoms. The van der Waals surface area contributed by atoms with Crippen molar-refractivity contribution in [2.24, 2.45) is 0 Å². The molecule has 0 unspecified atom stereocenters. The van der Waals surface area contributed by atoms with E-state index in [4.69, 9.17) is 0 Å². The zero-order chi connectivity index (χ0) is 12.3. The lowest BCUT2D eigenvalue weighted by atomic mass is 10.1. The van der Waals surface area contributed by atoms with E-state index in [0.29, 0.717) is 15.6 Å². The van der Waals surface area contributed by atoms with Crippen molar-refractivity contribution in [1.29, 1.82) is 0 Å². The highest BCUT2D eigenvalue weighted by Crippen LogP contribution is 2.26. The molecule has 0 spiro atoms. The molecule has 0 fully saturated rings. The molecule has 1 aromatic rings. The van der Waals surface area contributed by atoms with Gasteiger partial charge in [-0.25, -0.2) is 0 Å². The second kappa shape index (κ2) is 5.03. The Labute approximate surface area is 104 Å². The van der Waals surface area contributed by atoms with Crippen LogP contribution in [0.2, 0.25) is 0 Å². The lowest BCUT2D eigenvalue weighted by molar-refractivity contribution is -0.274. The van der Waals surface area contributed by atoms with Gasteiger partial charge in [-0.15, -0.1) is 13.2 Å². The first kappa shape index (κ1) is 13.3. The predicted molar refractivity (Wildman–Crippen MR) is 60.9 cm³/mol. The summed E-state index contributed by atoms with van der Waals surface area (Å²) in [5, 5.41) is 0. The number of Topliss-reactive ketones (excluding diaryl/α,β-unsaturated/α-hetero) is 1. The molecule has 0 aliphatic heterocycles. The Hall–Kier alpha value is -0.790. The molecule has 0 atom stereocenters. The zero-order valence-corrected chi connectivity index (χ0v) is 10.4. The number of ether oxygens (including phenoxy) is 1. The highest BCUT2D eigenvalue weighted by molar-refractivity contribution is 14.1. The third-order valence-electron chi connectivity index (χ3n) is 1.83. The predicted octanol–water partition coefficient (Wildman–Crippen LogP) is 3.72. The van der Waals surface area contributed by atoms with E-state index in [1.807, 2.05) is 22.6 Å². The summed E-state index contributed by atoms with van der Waals surface area (Å²) in [4.78, 5) is 11.2. The monoisotopic (exact) mass is 344 g/mol. The van der Waals surface area contributed by atoms with Crippen molar-refractivity contribution in [1.82, 2.24) is 0 Å². The maximum absolute atomic E-state index is 11.9. The highest BCUT2D eigenvalue weighted by Gasteiger charge is 2.31. The average Bonchev–Trinajstić information content (AvgIpc) is 2.14. The molecule has 0 bridgehead atoms. The van der Waals surface area contributed by atoms with Crippen LogP contribution >= 0.6 is 22.6 Å². The number of rotatable bonds is 3. The van der Waals surface area contributed by atoms with Crippen LogP contribution in [0.25, 0.3) is 0 Å². The molecule has 1 rings (SSSR count). The molecule has 0 aromatic heterocycles. The van der Waals surface area contributed by atoms with E-state index in [-0.39, 0.29) is 11.5 Å². The second-order valence-electron chi connectivity index (χ2n) is 3.06. The molecular formula is C10H8F3IO2. The summed E-state index contributed by atoms with van der Waals surface area (Å²) < 4.78 is 40.0. The van der Waals surface area contributed by atoms with Gasteiger partial charge >= 0.3 is 6.36 Å². The van der Waals surface area contributed by atoms with Crippen LogP contribution in [0, 0.1) is 0 Å². The average molecular weight is 344 g/mol. The number of hydrogen-bond acceptors (Lipinski definition) is 2. The molecule has 0 saturated carbocycles. The van der Waals surface area contributed by atoms with Crippen molar-refractivity contribution < 1.29 is 22.7 Å². The minimum atomic E-state index is -4.71. The van der Waals surface area contributed by atoms with Crippen LogP contribution in [-0.4, -0.2) is 12.1 Å². The Morgan fingerprint density at radius 2 is 2.06 bits per heavy atom. The first-order chi connectivity index (χ1) is 7.33. The second-order valence-corrected chi connectivity index (χ2v) is 3.82. The molecular weight excluding hydrogens is 336 g/mol. The van der Waals surface area contributed by atoms with Crippen LogP contribution in [0.1, 0.15) is 22.8 Å². The van der Waals surface area contributed by atoms with Crippen LogP contribution < -0.4 is 4.74 Å². The van der Waals surface area contributed by atoms with Crippen molar-refractivity contribution >= 4 is 28.4 Å². The van der Waals surface area contributed by atoms with Gasteiger partial charge in [0.25, 0.3) is 0 Å². The maximum Gasteiger partial charge on any atom is 0.573 e. The number of halogens is 4. The third-order valence-corrected chi connectivity index (χ3v) is 2.66. The quantitative estimate of drug-likeness (QED) is 0.475. The molecule has 0 radical (unpaired) electrons. The largest absolute Gasteiger partial charge is 0.573 e. The van der Waals surface area contributed by atoms with Gasteiger partial charge in [-0.2, -0.15) is 0 Å². The van der Waals surface area contributed by atoms with Crippen molar-refractivity contribution in [2.45, 2.75) is 17.7 Å². The van der Waals surface area contributed by atoms with Gasteiger partial charge in [0.1, 0.15) is 5.75 Å². The van der Waals surface area contributed by atoms with Gasteiger partial charge in [-0.05, 0) is 30.7 Å². The Balaban J connectivity index is 3.05. The Bertz CT molecular complexity index is 402. The number of carbonyl (C=O) groups excluding carboxylic acids is 1. The summed E-state index contributed by atoms with van der Waals surface area (Å²) in [5.41, 5.74) is 0.957. The van der Waals surface area contributed by atoms with Crippen molar-refractivity contribution in [2.75, 3.05) is 0 Å². The SMILES string of the molecule is CC(=O)c1ccc(OC(F)(F)F)cc1CI. The topological polar surface area (TPSA) is 26.3 Å². The van der Waals surface area contributed by atoms with E-state index in [0.717, 1.165) is 6.07 Å². The highest BCUT2D eigenvalue weighted by atomic mass is 127. The normalized spacial score (nSPS) is 11.3. The first-order valence-electron chi connectivity index (χ1n) is 4.29. The van der Waals surface area contributed by atoms with Crippen LogP contribution in [0.15, 0.2) is 18.2 Å². The smallest absolute Gasteiger partial charge is 0.406 e. The molecule has 0 heterocycles. The Morgan fingerprint density at radius 3 is 2.50 bits per heavy atom. The summed E-state index contributed by atoms with van der Waals surface area (Å²) in [6, 6.07) is 3.72. The Kier molecular flexibility index (Phi) is 4.17. The molecule has 2 nitrogen and oxygen atoms in total. The minimum absolute atomic E-state index is 0.176. The molecule has 0 amide bonds. The van der Waals surface area contributed by atoms with E-state index in [1.54, 1.807) is 0 Å². The van der Waals surface area contributed by atoms with Crippen molar-refractivity contribution in [3.8, 4) is 5.75 Å². The van der Waals surface area contributed by atoms with Crippen LogP contribution in [-0.2, 0) is 4.43 Å². The van der Waals surface area contributed by atoms with Gasteiger partial charge in [0.2, 0.25) is 0 Å². The molecule has 1 aromatic carbocycles. The van der Waals surface area contributed by atoms with E-state index in [1.165, 1.54) is 19.1 Å². The van der Waals surface area contributed by atoms with Crippen molar-refractivity contribution in [3.05, 3.63) is 29.3 Å². The first-order valence-corrected chi connectivity index (χ1v) is 5.81. The molecule has 0 aliphatic rings. The minimum Gasteiger partial charge on any atom is -0.406 e. The van der Waals surface area contributed by atoms with Gasteiger partial charge < -0.3 is 4.74 Å². The van der Waals surface area contributed by atoms with Gasteiger partial charge in [0.15, 0.2) is 5.78 Å². The number of alkyl halides is 4. The molecule has 0 saturated heterocycles. The summed E-state index contributed by atoms with van der Waals surface area (Å²) in [6.45, 7) is 1.37. The van der Waals surface area contributed by atoms with E-state index >= 15 is 0 Å². The summed E-state index contributed by atoms with van der Waals surface area (Å²) >= 11 is 1.98. The van der Waals surface area contributed by atoms with Gasteiger partial charge in [-0.1, -0.05) is 22.6 Å². The van der Waals surface area contributed by atoms with Gasteiger partial charge in [-0.3, -0.25) is 4.79 Å². The van der Waals surface area contributed by atoms with E-state index in [2.05, 4.69) is 4.74 Å². The van der Waals surface area contributed by atoms with Crippen LogP contribution in [0.4, 0.5) is 13.2 Å². The Morgan fingerprint density at radius 1 is 1.44 bits per heavy atom. The molecule has 0 N–H and O–H groups in total. The van der Waals surface area contributed by atoms with Gasteiger partial charge in [0.05, 0.1) is 0 Å². The molecule has 0 aliphatic carbocycles. The van der Waals surface area contributed by atoms with Crippen molar-refractivity contribution in [3.63, 3.8) is 0 Å². The standard InChI is InChI=1S/C10H8F3IO2/c1-6(15)9-3-2-8(4-7(9)5-14)16-10(11,12)13/h2-4H,5H2,1H3. The fourth-order valence-corrected chi connectivity index (χ4v) is 1.85. The van der Waals surface area contributed by atoms with E-state index in [9.17, 15) is 18.0 Å². The van der Waals surface area contributed by atoms with Crippen LogP contribution in [0.5, 0.6) is 5.75 Å². The van der Waals surface area contributed by atoms with Crippen LogP contribution in [0.3, 0.4) is 0 Å². The summed E-state index contributed by atoms with van der Waals surface area (Å²) in [5.74, 6) is -0.477. The number of benzene rings is 1. The lowest BCUT2D eigenvalue weighted by Gasteiger charge is -2.11.